The van der Waals surface area contributed by atoms with E-state index in [4.69, 9.17) is 0 Å². The highest BCUT2D eigenvalue weighted by atomic mass is 32.1. The van der Waals surface area contributed by atoms with E-state index in [0.717, 1.165) is 0 Å². The quantitative estimate of drug-likeness (QED) is 0.187. The van der Waals surface area contributed by atoms with E-state index in [2.05, 4.69) is 172 Å². The van der Waals surface area contributed by atoms with Crippen LogP contribution in [0, 0.1) is 0 Å². The maximum absolute atomic E-state index is 2.56. The lowest BCUT2D eigenvalue weighted by Crippen LogP contribution is -2.17. The van der Waals surface area contributed by atoms with Gasteiger partial charge in [-0.15, -0.1) is 11.3 Å². The predicted octanol–water partition coefficient (Wildman–Crippen LogP) is 13.3. The van der Waals surface area contributed by atoms with Gasteiger partial charge in [0.05, 0.1) is 11.4 Å². The lowest BCUT2D eigenvalue weighted by atomic mass is 9.82. The molecule has 1 aromatic heterocycles. The van der Waals surface area contributed by atoms with Crippen molar-refractivity contribution < 1.29 is 0 Å². The standard InChI is InChI=1S/C46H35NS/c1-45(2)34-16-8-5-13-31(34)43-36(45)18-11-20-38(43)47(39-21-12-19-37-44(39)32-14-6-9-17-35(32)46(37,3)4)29-24-25-30-28(27-29)23-26-41-42(30)33-15-7-10-22-40(33)48-41/h5-27H,1-4H3. The van der Waals surface area contributed by atoms with Crippen molar-refractivity contribution in [2.45, 2.75) is 38.5 Å². The Balaban J connectivity index is 1.29. The van der Waals surface area contributed by atoms with Gasteiger partial charge in [0.15, 0.2) is 0 Å². The summed E-state index contributed by atoms with van der Waals surface area (Å²) < 4.78 is 2.68. The highest BCUT2D eigenvalue weighted by Gasteiger charge is 2.40. The van der Waals surface area contributed by atoms with Crippen LogP contribution in [0.2, 0.25) is 0 Å². The summed E-state index contributed by atoms with van der Waals surface area (Å²) in [6, 6.07) is 52.5. The third-order valence-electron chi connectivity index (χ3n) is 11.3. The van der Waals surface area contributed by atoms with Gasteiger partial charge >= 0.3 is 0 Å². The largest absolute Gasteiger partial charge is 0.309 e. The fourth-order valence-electron chi connectivity index (χ4n) is 8.93. The van der Waals surface area contributed by atoms with E-state index in [1.807, 2.05) is 11.3 Å². The van der Waals surface area contributed by atoms with Crippen LogP contribution in [0.5, 0.6) is 0 Å². The van der Waals surface area contributed by atoms with Crippen LogP contribution >= 0.6 is 11.3 Å². The van der Waals surface area contributed by atoms with Crippen LogP contribution < -0.4 is 4.90 Å². The molecule has 0 radical (unpaired) electrons. The van der Waals surface area contributed by atoms with Gasteiger partial charge in [0.2, 0.25) is 0 Å². The van der Waals surface area contributed by atoms with Crippen molar-refractivity contribution in [1.82, 2.24) is 0 Å². The molecule has 2 aliphatic carbocycles. The van der Waals surface area contributed by atoms with Crippen LogP contribution in [-0.4, -0.2) is 0 Å². The van der Waals surface area contributed by atoms with E-state index < -0.39 is 0 Å². The Morgan fingerprint density at radius 3 is 1.67 bits per heavy atom. The summed E-state index contributed by atoms with van der Waals surface area (Å²) >= 11 is 1.88. The summed E-state index contributed by atoms with van der Waals surface area (Å²) in [5.41, 5.74) is 14.3. The number of thiophene rings is 1. The molecular weight excluding hydrogens is 599 g/mol. The number of rotatable bonds is 3. The first kappa shape index (κ1) is 27.9. The number of benzene rings is 7. The minimum atomic E-state index is -0.0875. The normalized spacial score (nSPS) is 15.0. The summed E-state index contributed by atoms with van der Waals surface area (Å²) in [7, 11) is 0. The average molecular weight is 634 g/mol. The molecule has 48 heavy (non-hydrogen) atoms. The molecule has 0 spiro atoms. The van der Waals surface area contributed by atoms with Gasteiger partial charge < -0.3 is 4.90 Å². The van der Waals surface area contributed by atoms with E-state index in [1.54, 1.807) is 0 Å². The topological polar surface area (TPSA) is 3.24 Å². The minimum absolute atomic E-state index is 0.0875. The molecule has 0 atom stereocenters. The molecule has 1 heterocycles. The van der Waals surface area contributed by atoms with E-state index in [-0.39, 0.29) is 10.8 Å². The maximum atomic E-state index is 2.56. The third kappa shape index (κ3) is 3.61. The lowest BCUT2D eigenvalue weighted by Gasteiger charge is -2.31. The monoisotopic (exact) mass is 633 g/mol. The van der Waals surface area contributed by atoms with E-state index >= 15 is 0 Å². The van der Waals surface area contributed by atoms with Crippen molar-refractivity contribution >= 4 is 59.3 Å². The van der Waals surface area contributed by atoms with Crippen LogP contribution in [0.3, 0.4) is 0 Å². The highest BCUT2D eigenvalue weighted by Crippen LogP contribution is 2.58. The number of nitrogens with zero attached hydrogens (tertiary/aromatic N) is 1. The highest BCUT2D eigenvalue weighted by molar-refractivity contribution is 7.26. The maximum Gasteiger partial charge on any atom is 0.0543 e. The molecule has 7 aromatic carbocycles. The smallest absolute Gasteiger partial charge is 0.0543 e. The third-order valence-corrected chi connectivity index (χ3v) is 12.4. The van der Waals surface area contributed by atoms with E-state index in [1.165, 1.54) is 92.5 Å². The zero-order valence-corrected chi connectivity index (χ0v) is 28.5. The molecule has 0 saturated carbocycles. The van der Waals surface area contributed by atoms with Crippen LogP contribution in [0.1, 0.15) is 49.9 Å². The van der Waals surface area contributed by atoms with Crippen LogP contribution in [0.4, 0.5) is 17.1 Å². The molecule has 0 saturated heterocycles. The Kier molecular flexibility index (Phi) is 5.63. The van der Waals surface area contributed by atoms with Crippen molar-refractivity contribution in [1.29, 1.82) is 0 Å². The van der Waals surface area contributed by atoms with Crippen molar-refractivity contribution in [2.24, 2.45) is 0 Å². The fourth-order valence-corrected chi connectivity index (χ4v) is 10.1. The average Bonchev–Trinajstić information content (AvgIpc) is 3.69. The number of anilines is 3. The second-order valence-electron chi connectivity index (χ2n) is 14.5. The summed E-state index contributed by atoms with van der Waals surface area (Å²) in [6.07, 6.45) is 0. The Morgan fingerprint density at radius 1 is 0.458 bits per heavy atom. The van der Waals surface area contributed by atoms with Gasteiger partial charge in [0.1, 0.15) is 0 Å². The first-order chi connectivity index (χ1) is 23.3. The fraction of sp³-hybridized carbons (Fsp3) is 0.130. The molecule has 2 heteroatoms. The predicted molar refractivity (Wildman–Crippen MR) is 207 cm³/mol. The number of hydrogen-bond acceptors (Lipinski definition) is 2. The second kappa shape index (κ2) is 9.69. The summed E-state index contributed by atoms with van der Waals surface area (Å²) in [4.78, 5) is 2.56. The molecule has 1 nitrogen and oxygen atoms in total. The van der Waals surface area contributed by atoms with Crippen LogP contribution in [-0.2, 0) is 10.8 Å². The molecule has 10 rings (SSSR count). The van der Waals surface area contributed by atoms with Crippen LogP contribution in [0.25, 0.3) is 53.2 Å². The lowest BCUT2D eigenvalue weighted by molar-refractivity contribution is 0.660. The SMILES string of the molecule is CC1(C)c2ccccc2-c2c(N(c3ccc4c(ccc5sc6ccccc6c54)c3)c3cccc4c3-c3ccccc3C4(C)C)cccc21. The number of fused-ring (bicyclic) bond motifs is 11. The summed E-state index contributed by atoms with van der Waals surface area (Å²) in [6.45, 7) is 9.49. The zero-order valence-electron chi connectivity index (χ0n) is 27.6. The molecule has 230 valence electrons. The van der Waals surface area contributed by atoms with Gasteiger partial charge in [-0.3, -0.25) is 0 Å². The van der Waals surface area contributed by atoms with Crippen molar-refractivity contribution in [3.63, 3.8) is 0 Å². The van der Waals surface area contributed by atoms with E-state index in [9.17, 15) is 0 Å². The van der Waals surface area contributed by atoms with Crippen molar-refractivity contribution in [2.75, 3.05) is 4.90 Å². The molecule has 0 fully saturated rings. The summed E-state index contributed by atoms with van der Waals surface area (Å²) in [5, 5.41) is 5.27. The van der Waals surface area contributed by atoms with Gasteiger partial charge in [-0.2, -0.15) is 0 Å². The minimum Gasteiger partial charge on any atom is -0.309 e. The molecule has 0 bridgehead atoms. The Labute approximate surface area is 285 Å². The molecule has 2 aliphatic rings. The Morgan fingerprint density at radius 2 is 1.02 bits per heavy atom. The van der Waals surface area contributed by atoms with Gasteiger partial charge in [0, 0.05) is 47.8 Å². The zero-order chi connectivity index (χ0) is 32.4. The van der Waals surface area contributed by atoms with Gasteiger partial charge in [-0.1, -0.05) is 131 Å². The van der Waals surface area contributed by atoms with Gasteiger partial charge in [0.25, 0.3) is 0 Å². The molecule has 0 unspecified atom stereocenters. The molecule has 0 aliphatic heterocycles. The molecular formula is C46H35NS. The second-order valence-corrected chi connectivity index (χ2v) is 15.6. The molecule has 0 amide bonds. The van der Waals surface area contributed by atoms with Gasteiger partial charge in [-0.25, -0.2) is 0 Å². The molecule has 8 aromatic rings. The van der Waals surface area contributed by atoms with Crippen molar-refractivity contribution in [3.05, 3.63) is 162 Å². The first-order valence-electron chi connectivity index (χ1n) is 16.9. The van der Waals surface area contributed by atoms with Gasteiger partial charge in [-0.05, 0) is 80.6 Å². The molecule has 0 N–H and O–H groups in total. The number of hydrogen-bond donors (Lipinski definition) is 0. The van der Waals surface area contributed by atoms with E-state index in [0.29, 0.717) is 0 Å². The Hall–Kier alpha value is -5.18. The van der Waals surface area contributed by atoms with Crippen molar-refractivity contribution in [3.8, 4) is 22.3 Å². The Bertz CT molecular complexity index is 2530. The summed E-state index contributed by atoms with van der Waals surface area (Å²) in [5.74, 6) is 0. The van der Waals surface area contributed by atoms with Crippen LogP contribution in [0.15, 0.2) is 140 Å². The first-order valence-corrected chi connectivity index (χ1v) is 17.8.